The number of carboxylic acids is 1. The minimum atomic E-state index is -3.85. The third kappa shape index (κ3) is 5.06. The average Bonchev–Trinajstić information content (AvgIpc) is 2.62. The van der Waals surface area contributed by atoms with Gasteiger partial charge in [0.1, 0.15) is 0 Å². The van der Waals surface area contributed by atoms with Crippen LogP contribution < -0.4 is 10.0 Å². The lowest BCUT2D eigenvalue weighted by molar-refractivity contribution is 0.0697. The van der Waals surface area contributed by atoms with E-state index < -0.39 is 22.0 Å². The van der Waals surface area contributed by atoms with E-state index in [1.807, 2.05) is 37.3 Å². The molecule has 0 saturated carbocycles. The number of nitrogens with one attached hydrogen (secondary N) is 2. The zero-order chi connectivity index (χ0) is 19.2. The molecule has 6 nitrogen and oxygen atoms in total. The summed E-state index contributed by atoms with van der Waals surface area (Å²) >= 11 is 0. The minimum Gasteiger partial charge on any atom is -0.478 e. The van der Waals surface area contributed by atoms with Gasteiger partial charge in [-0.05, 0) is 37.1 Å². The maximum Gasteiger partial charge on any atom is 0.337 e. The van der Waals surface area contributed by atoms with E-state index in [-0.39, 0.29) is 10.5 Å². The predicted octanol–water partition coefficient (Wildman–Crippen LogP) is 3.64. The van der Waals surface area contributed by atoms with E-state index in [4.69, 9.17) is 0 Å². The molecule has 1 unspecified atom stereocenters. The van der Waals surface area contributed by atoms with Crippen LogP contribution in [0.2, 0.25) is 0 Å². The molecule has 26 heavy (non-hydrogen) atoms. The van der Waals surface area contributed by atoms with Crippen LogP contribution in [0, 0.1) is 0 Å². The Balaban J connectivity index is 2.25. The van der Waals surface area contributed by atoms with Crippen LogP contribution in [-0.2, 0) is 10.0 Å². The van der Waals surface area contributed by atoms with Crippen LogP contribution in [0.5, 0.6) is 0 Å². The maximum atomic E-state index is 12.6. The first kappa shape index (κ1) is 19.9. The van der Waals surface area contributed by atoms with Crippen molar-refractivity contribution in [3.8, 4) is 0 Å². The number of sulfonamides is 1. The van der Waals surface area contributed by atoms with E-state index in [0.717, 1.165) is 18.4 Å². The number of aromatic carboxylic acids is 1. The molecule has 140 valence electrons. The highest BCUT2D eigenvalue weighted by atomic mass is 32.2. The van der Waals surface area contributed by atoms with Gasteiger partial charge in [0.05, 0.1) is 10.5 Å². The third-order valence-electron chi connectivity index (χ3n) is 4.01. The van der Waals surface area contributed by atoms with Crippen molar-refractivity contribution in [1.82, 2.24) is 4.72 Å². The SMILES string of the molecule is CCCCNc1ccc(S(=O)(=O)NC(C)c2ccccc2)cc1C(=O)O. The van der Waals surface area contributed by atoms with Gasteiger partial charge >= 0.3 is 5.97 Å². The number of unbranched alkanes of at least 4 members (excludes halogenated alkanes) is 1. The fraction of sp³-hybridized carbons (Fsp3) is 0.316. The number of carboxylic acid groups (broad SMARTS) is 1. The first-order valence-corrected chi connectivity index (χ1v) is 10.0. The van der Waals surface area contributed by atoms with Crippen LogP contribution in [0.4, 0.5) is 5.69 Å². The second kappa shape index (κ2) is 8.82. The molecule has 1 atom stereocenters. The monoisotopic (exact) mass is 376 g/mol. The van der Waals surface area contributed by atoms with Crippen molar-refractivity contribution in [2.45, 2.75) is 37.6 Å². The Hall–Kier alpha value is -2.38. The molecular formula is C19H24N2O4S. The van der Waals surface area contributed by atoms with E-state index >= 15 is 0 Å². The highest BCUT2D eigenvalue weighted by Crippen LogP contribution is 2.23. The summed E-state index contributed by atoms with van der Waals surface area (Å²) in [5, 5.41) is 12.5. The predicted molar refractivity (Wildman–Crippen MR) is 102 cm³/mol. The molecular weight excluding hydrogens is 352 g/mol. The molecule has 2 aromatic carbocycles. The van der Waals surface area contributed by atoms with Crippen LogP contribution in [0.3, 0.4) is 0 Å². The van der Waals surface area contributed by atoms with Crippen molar-refractivity contribution in [2.75, 3.05) is 11.9 Å². The highest BCUT2D eigenvalue weighted by Gasteiger charge is 2.21. The summed E-state index contributed by atoms with van der Waals surface area (Å²) in [7, 11) is -3.85. The molecule has 0 amide bonds. The topological polar surface area (TPSA) is 95.5 Å². The lowest BCUT2D eigenvalue weighted by atomic mass is 10.1. The lowest BCUT2D eigenvalue weighted by Gasteiger charge is -2.16. The second-order valence-electron chi connectivity index (χ2n) is 6.05. The Morgan fingerprint density at radius 3 is 2.46 bits per heavy atom. The van der Waals surface area contributed by atoms with Crippen molar-refractivity contribution < 1.29 is 18.3 Å². The van der Waals surface area contributed by atoms with Crippen LogP contribution in [0.25, 0.3) is 0 Å². The fourth-order valence-electron chi connectivity index (χ4n) is 2.53. The molecule has 0 aromatic heterocycles. The van der Waals surface area contributed by atoms with E-state index in [2.05, 4.69) is 10.0 Å². The first-order valence-electron chi connectivity index (χ1n) is 8.53. The third-order valence-corrected chi connectivity index (χ3v) is 5.55. The van der Waals surface area contributed by atoms with E-state index in [1.165, 1.54) is 18.2 Å². The first-order chi connectivity index (χ1) is 12.3. The summed E-state index contributed by atoms with van der Waals surface area (Å²) in [5.74, 6) is -1.17. The van der Waals surface area contributed by atoms with Crippen molar-refractivity contribution >= 4 is 21.7 Å². The van der Waals surface area contributed by atoms with Gasteiger partial charge in [-0.15, -0.1) is 0 Å². The standard InChI is InChI=1S/C19H24N2O4S/c1-3-4-12-20-18-11-10-16(13-17(18)19(22)23)26(24,25)21-14(2)15-8-6-5-7-9-15/h5-11,13-14,20-21H,3-4,12H2,1-2H3,(H,22,23). The number of anilines is 1. The second-order valence-corrected chi connectivity index (χ2v) is 7.76. The van der Waals surface area contributed by atoms with Crippen LogP contribution in [0.15, 0.2) is 53.4 Å². The number of hydrogen-bond acceptors (Lipinski definition) is 4. The molecule has 0 spiro atoms. The molecule has 0 heterocycles. The van der Waals surface area contributed by atoms with Crippen LogP contribution in [0.1, 0.15) is 48.7 Å². The summed E-state index contributed by atoms with van der Waals surface area (Å²) in [6, 6.07) is 12.9. The number of benzene rings is 2. The average molecular weight is 376 g/mol. The minimum absolute atomic E-state index is 0.0589. The molecule has 2 rings (SSSR count). The molecule has 3 N–H and O–H groups in total. The Morgan fingerprint density at radius 1 is 1.15 bits per heavy atom. The van der Waals surface area contributed by atoms with Gasteiger partial charge in [-0.25, -0.2) is 17.9 Å². The van der Waals surface area contributed by atoms with Crippen molar-refractivity contribution in [3.05, 3.63) is 59.7 Å². The summed E-state index contributed by atoms with van der Waals surface area (Å²) in [5.41, 5.74) is 1.18. The largest absolute Gasteiger partial charge is 0.478 e. The summed E-state index contributed by atoms with van der Waals surface area (Å²) in [4.78, 5) is 11.5. The van der Waals surface area contributed by atoms with Gasteiger partial charge in [0.15, 0.2) is 0 Å². The summed E-state index contributed by atoms with van der Waals surface area (Å²) in [6.07, 6.45) is 1.87. The molecule has 0 aliphatic rings. The van der Waals surface area contributed by atoms with Crippen molar-refractivity contribution in [2.24, 2.45) is 0 Å². The Morgan fingerprint density at radius 2 is 1.85 bits per heavy atom. The van der Waals surface area contributed by atoms with Gasteiger partial charge in [-0.2, -0.15) is 0 Å². The zero-order valence-corrected chi connectivity index (χ0v) is 15.7. The summed E-state index contributed by atoms with van der Waals surface area (Å²) < 4.78 is 27.9. The van der Waals surface area contributed by atoms with E-state index in [9.17, 15) is 18.3 Å². The van der Waals surface area contributed by atoms with E-state index in [0.29, 0.717) is 12.2 Å². The zero-order valence-electron chi connectivity index (χ0n) is 14.9. The van der Waals surface area contributed by atoms with Crippen LogP contribution >= 0.6 is 0 Å². The van der Waals surface area contributed by atoms with Gasteiger partial charge < -0.3 is 10.4 Å². The highest BCUT2D eigenvalue weighted by molar-refractivity contribution is 7.89. The number of hydrogen-bond donors (Lipinski definition) is 3. The fourth-order valence-corrected chi connectivity index (χ4v) is 3.79. The van der Waals surface area contributed by atoms with Gasteiger partial charge in [0.25, 0.3) is 0 Å². The molecule has 0 fully saturated rings. The molecule has 0 aliphatic carbocycles. The van der Waals surface area contributed by atoms with Gasteiger partial charge in [0.2, 0.25) is 10.0 Å². The van der Waals surface area contributed by atoms with Crippen molar-refractivity contribution in [3.63, 3.8) is 0 Å². The van der Waals surface area contributed by atoms with Gasteiger partial charge in [0, 0.05) is 18.3 Å². The molecule has 0 aliphatic heterocycles. The molecule has 7 heteroatoms. The lowest BCUT2D eigenvalue weighted by Crippen LogP contribution is -2.27. The van der Waals surface area contributed by atoms with Gasteiger partial charge in [-0.1, -0.05) is 43.7 Å². The summed E-state index contributed by atoms with van der Waals surface area (Å²) in [6.45, 7) is 4.41. The Labute approximate surface area is 154 Å². The molecule has 0 saturated heterocycles. The van der Waals surface area contributed by atoms with Crippen molar-refractivity contribution in [1.29, 1.82) is 0 Å². The quantitative estimate of drug-likeness (QED) is 0.581. The Bertz CT molecular complexity index is 851. The normalized spacial score (nSPS) is 12.5. The van der Waals surface area contributed by atoms with Crippen LogP contribution in [-0.4, -0.2) is 26.0 Å². The molecule has 0 bridgehead atoms. The van der Waals surface area contributed by atoms with Gasteiger partial charge in [-0.3, -0.25) is 0 Å². The molecule has 2 aromatic rings. The molecule has 0 radical (unpaired) electrons. The smallest absolute Gasteiger partial charge is 0.337 e. The van der Waals surface area contributed by atoms with E-state index in [1.54, 1.807) is 6.92 Å². The number of carbonyl (C=O) groups is 1. The number of rotatable bonds is 9. The Kier molecular flexibility index (Phi) is 6.76. The maximum absolute atomic E-state index is 12.6.